The van der Waals surface area contributed by atoms with E-state index in [1.54, 1.807) is 0 Å². The highest BCUT2D eigenvalue weighted by Crippen LogP contribution is 2.37. The number of methoxy groups -OCH3 is 1. The van der Waals surface area contributed by atoms with Gasteiger partial charge in [-0.1, -0.05) is 216 Å². The van der Waals surface area contributed by atoms with Gasteiger partial charge in [0.15, 0.2) is 0 Å². The first-order valence-electron chi connectivity index (χ1n) is 21.4. The largest absolute Gasteiger partial charge is 0.469 e. The fourth-order valence-electron chi connectivity index (χ4n) is 7.58. The quantitative estimate of drug-likeness (QED) is 0.0327. The Hall–Kier alpha value is -2.17. The van der Waals surface area contributed by atoms with Gasteiger partial charge in [-0.2, -0.15) is 0 Å². The van der Waals surface area contributed by atoms with Crippen molar-refractivity contribution in [1.82, 2.24) is 0 Å². The zero-order valence-corrected chi connectivity index (χ0v) is 34.7. The van der Waals surface area contributed by atoms with Crippen LogP contribution in [0.25, 0.3) is 0 Å². The number of carbonyl (C=O) groups is 1. The van der Waals surface area contributed by atoms with Gasteiger partial charge in [0.05, 0.1) is 7.11 Å². The first kappa shape index (κ1) is 45.0. The normalized spacial score (nSPS) is 12.2. The van der Waals surface area contributed by atoms with E-state index in [1.165, 1.54) is 159 Å². The smallest absolute Gasteiger partial charge is 0.305 e. The number of ether oxygens (including phenoxy) is 1. The van der Waals surface area contributed by atoms with Crippen LogP contribution < -0.4 is 10.4 Å². The van der Waals surface area contributed by atoms with E-state index in [-0.39, 0.29) is 11.0 Å². The van der Waals surface area contributed by atoms with Crippen molar-refractivity contribution in [2.75, 3.05) is 13.7 Å². The molecule has 0 N–H and O–H groups in total. The van der Waals surface area contributed by atoms with Crippen LogP contribution in [0.1, 0.15) is 188 Å². The molecule has 0 aliphatic rings. The molecule has 2 aromatic carbocycles. The van der Waals surface area contributed by atoms with Gasteiger partial charge in [-0.3, -0.25) is 4.79 Å². The highest BCUT2D eigenvalue weighted by atomic mass is 28.4. The van der Waals surface area contributed by atoms with Gasteiger partial charge in [0.25, 0.3) is 8.32 Å². The molecule has 288 valence electrons. The van der Waals surface area contributed by atoms with Crippen molar-refractivity contribution in [2.45, 2.75) is 193 Å². The number of benzene rings is 2. The second-order valence-electron chi connectivity index (χ2n) is 16.0. The highest BCUT2D eigenvalue weighted by Gasteiger charge is 2.49. The predicted molar refractivity (Wildman–Crippen MR) is 225 cm³/mol. The molecule has 4 heteroatoms. The molecule has 51 heavy (non-hydrogen) atoms. The van der Waals surface area contributed by atoms with Crippen LogP contribution in [-0.4, -0.2) is 28.0 Å². The summed E-state index contributed by atoms with van der Waals surface area (Å²) in [5.41, 5.74) is 0. The lowest BCUT2D eigenvalue weighted by molar-refractivity contribution is -0.140. The molecule has 2 rings (SSSR count). The minimum absolute atomic E-state index is 0.0605. The molecule has 0 amide bonds. The first-order chi connectivity index (χ1) is 24.9. The third-order valence-corrected chi connectivity index (χ3v) is 15.7. The lowest BCUT2D eigenvalue weighted by Crippen LogP contribution is -2.66. The lowest BCUT2D eigenvalue weighted by Gasteiger charge is -2.43. The van der Waals surface area contributed by atoms with Gasteiger partial charge in [0, 0.05) is 13.0 Å². The average Bonchev–Trinajstić information content (AvgIpc) is 3.14. The average molecular weight is 719 g/mol. The predicted octanol–water partition coefficient (Wildman–Crippen LogP) is 13.4. The molecule has 0 aromatic heterocycles. The summed E-state index contributed by atoms with van der Waals surface area (Å²) in [7, 11) is -0.911. The molecule has 0 radical (unpaired) electrons. The van der Waals surface area contributed by atoms with Gasteiger partial charge in [-0.15, -0.1) is 0 Å². The SMILES string of the molecule is COC(=O)CCCCCCCCCCCCCC=CCCCCCCCCCCCCCCO[Si](c1ccccc1)(c1ccccc1)C(C)(C)C. The van der Waals surface area contributed by atoms with Crippen molar-refractivity contribution in [2.24, 2.45) is 0 Å². The molecule has 0 atom stereocenters. The zero-order chi connectivity index (χ0) is 36.7. The molecule has 0 bridgehead atoms. The van der Waals surface area contributed by atoms with Crippen molar-refractivity contribution in [3.8, 4) is 0 Å². The Morgan fingerprint density at radius 2 is 0.843 bits per heavy atom. The van der Waals surface area contributed by atoms with E-state index in [1.807, 2.05) is 0 Å². The fourth-order valence-corrected chi connectivity index (χ4v) is 12.2. The van der Waals surface area contributed by atoms with Crippen LogP contribution in [0.3, 0.4) is 0 Å². The molecule has 2 aromatic rings. The van der Waals surface area contributed by atoms with Crippen LogP contribution in [0.2, 0.25) is 5.04 Å². The minimum atomic E-state index is -2.38. The van der Waals surface area contributed by atoms with Crippen LogP contribution in [0.5, 0.6) is 0 Å². The van der Waals surface area contributed by atoms with E-state index in [2.05, 4.69) is 93.6 Å². The van der Waals surface area contributed by atoms with Crippen molar-refractivity contribution in [1.29, 1.82) is 0 Å². The third-order valence-electron chi connectivity index (χ3n) is 10.6. The lowest BCUT2D eigenvalue weighted by atomic mass is 10.0. The Morgan fingerprint density at radius 1 is 0.510 bits per heavy atom. The Kier molecular flexibility index (Phi) is 25.8. The van der Waals surface area contributed by atoms with E-state index in [0.717, 1.165) is 25.9 Å². The van der Waals surface area contributed by atoms with Crippen molar-refractivity contribution >= 4 is 24.7 Å². The van der Waals surface area contributed by atoms with Gasteiger partial charge in [0.2, 0.25) is 0 Å². The molecule has 0 heterocycles. The minimum Gasteiger partial charge on any atom is -0.469 e. The standard InChI is InChI=1S/C47H78O3Si/c1-47(2,3)51(44-38-32-30-33-39-44,45-40-34-31-35-41-45)50-43-37-29-27-25-23-21-19-17-15-13-11-9-7-5-6-8-10-12-14-16-18-20-22-24-26-28-36-42-46(48)49-4/h5-6,30-35,38-41H,7-29,36-37,42-43H2,1-4H3. The number of allylic oxidation sites excluding steroid dienone is 2. The van der Waals surface area contributed by atoms with E-state index in [9.17, 15) is 4.79 Å². The molecule has 0 aliphatic carbocycles. The van der Waals surface area contributed by atoms with Crippen LogP contribution in [0.15, 0.2) is 72.8 Å². The number of hydrogen-bond acceptors (Lipinski definition) is 3. The summed E-state index contributed by atoms with van der Waals surface area (Å²) >= 11 is 0. The Labute approximate surface area is 316 Å². The summed E-state index contributed by atoms with van der Waals surface area (Å²) in [6.45, 7) is 7.96. The molecule has 3 nitrogen and oxygen atoms in total. The van der Waals surface area contributed by atoms with Crippen molar-refractivity contribution < 1.29 is 14.0 Å². The number of rotatable bonds is 32. The monoisotopic (exact) mass is 719 g/mol. The summed E-state index contributed by atoms with van der Waals surface area (Å²) in [5.74, 6) is -0.0684. The molecule has 0 saturated carbocycles. The summed E-state index contributed by atoms with van der Waals surface area (Å²) in [6.07, 6.45) is 38.7. The van der Waals surface area contributed by atoms with Gasteiger partial charge in [-0.25, -0.2) is 0 Å². The van der Waals surface area contributed by atoms with Gasteiger partial charge in [0.1, 0.15) is 0 Å². The number of hydrogen-bond donors (Lipinski definition) is 0. The highest BCUT2D eigenvalue weighted by molar-refractivity contribution is 6.99. The second kappa shape index (κ2) is 29.3. The maximum Gasteiger partial charge on any atom is 0.305 e. The van der Waals surface area contributed by atoms with Crippen LogP contribution in [0, 0.1) is 0 Å². The molecule has 0 unspecified atom stereocenters. The van der Waals surface area contributed by atoms with Crippen LogP contribution in [0.4, 0.5) is 0 Å². The van der Waals surface area contributed by atoms with E-state index >= 15 is 0 Å². The Bertz CT molecular complexity index is 1070. The Morgan fingerprint density at radius 3 is 1.20 bits per heavy atom. The molecular weight excluding hydrogens is 641 g/mol. The molecule has 0 aliphatic heterocycles. The molecule has 0 fully saturated rings. The van der Waals surface area contributed by atoms with E-state index in [0.29, 0.717) is 6.42 Å². The Balaban J connectivity index is 1.36. The first-order valence-corrected chi connectivity index (χ1v) is 23.3. The maximum absolute atomic E-state index is 11.1. The third kappa shape index (κ3) is 20.0. The van der Waals surface area contributed by atoms with Crippen LogP contribution >= 0.6 is 0 Å². The van der Waals surface area contributed by atoms with Gasteiger partial charge in [-0.05, 0) is 53.9 Å². The summed E-state index contributed by atoms with van der Waals surface area (Å²) in [6, 6.07) is 22.1. The molecule has 0 saturated heterocycles. The molecule has 0 spiro atoms. The fraction of sp³-hybridized carbons (Fsp3) is 0.681. The van der Waals surface area contributed by atoms with Crippen molar-refractivity contribution in [3.05, 3.63) is 72.8 Å². The number of carbonyl (C=O) groups excluding carboxylic acids is 1. The van der Waals surface area contributed by atoms with E-state index in [4.69, 9.17) is 9.16 Å². The van der Waals surface area contributed by atoms with Gasteiger partial charge >= 0.3 is 5.97 Å². The topological polar surface area (TPSA) is 35.5 Å². The summed E-state index contributed by atoms with van der Waals surface area (Å²) < 4.78 is 11.7. The van der Waals surface area contributed by atoms with Gasteiger partial charge < -0.3 is 9.16 Å². The second-order valence-corrected chi connectivity index (χ2v) is 20.3. The zero-order valence-electron chi connectivity index (χ0n) is 33.7. The summed E-state index contributed by atoms with van der Waals surface area (Å²) in [5, 5.41) is 2.83. The van der Waals surface area contributed by atoms with E-state index < -0.39 is 8.32 Å². The maximum atomic E-state index is 11.1. The van der Waals surface area contributed by atoms with Crippen LogP contribution in [-0.2, 0) is 14.0 Å². The summed E-state index contributed by atoms with van der Waals surface area (Å²) in [4.78, 5) is 11.1. The van der Waals surface area contributed by atoms with Crippen molar-refractivity contribution in [3.63, 3.8) is 0 Å². The molecular formula is C47H78O3Si. The number of esters is 1. The number of unbranched alkanes of at least 4 members (excludes halogenated alkanes) is 23.